The van der Waals surface area contributed by atoms with Gasteiger partial charge < -0.3 is 0 Å². The van der Waals surface area contributed by atoms with E-state index in [0.29, 0.717) is 0 Å². The number of hydrogen-bond acceptors (Lipinski definition) is 0. The van der Waals surface area contributed by atoms with Crippen molar-refractivity contribution < 1.29 is 0 Å². The molecular formula is C18H32. The molecule has 0 heterocycles. The van der Waals surface area contributed by atoms with Gasteiger partial charge in [0.2, 0.25) is 0 Å². The van der Waals surface area contributed by atoms with Gasteiger partial charge in [0.25, 0.3) is 0 Å². The molecule has 6 aliphatic carbocycles. The van der Waals surface area contributed by atoms with Crippen LogP contribution in [0.4, 0.5) is 0 Å². The van der Waals surface area contributed by atoms with Crippen LogP contribution in [0.3, 0.4) is 0 Å². The van der Waals surface area contributed by atoms with Crippen LogP contribution in [0, 0.1) is 23.7 Å². The van der Waals surface area contributed by atoms with Crippen molar-refractivity contribution in [2.24, 2.45) is 23.7 Å². The Morgan fingerprint density at radius 2 is 0.556 bits per heavy atom. The first kappa shape index (κ1) is 13.0. The molecule has 0 amide bonds. The Balaban J connectivity index is 1.73. The molecule has 0 aromatic heterocycles. The predicted molar refractivity (Wildman–Crippen MR) is 78.6 cm³/mol. The second kappa shape index (κ2) is 6.44. The van der Waals surface area contributed by atoms with Crippen molar-refractivity contribution in [3.05, 3.63) is 0 Å². The van der Waals surface area contributed by atoms with E-state index in [1.807, 2.05) is 0 Å². The fourth-order valence-electron chi connectivity index (χ4n) is 5.24. The zero-order chi connectivity index (χ0) is 12.2. The van der Waals surface area contributed by atoms with Gasteiger partial charge in [-0.15, -0.1) is 0 Å². The lowest BCUT2D eigenvalue weighted by Gasteiger charge is -2.33. The van der Waals surface area contributed by atoms with Crippen LogP contribution in [0.2, 0.25) is 0 Å². The standard InChI is InChI=1S/C18H32/c1-5-15-7-2-8-16(6-1)14-18-10-3-9-17(13-15)11-4-12-18/h15-18H,1-14H2. The van der Waals surface area contributed by atoms with Gasteiger partial charge in [0.05, 0.1) is 0 Å². The van der Waals surface area contributed by atoms with Crippen molar-refractivity contribution in [2.75, 3.05) is 0 Å². The van der Waals surface area contributed by atoms with Gasteiger partial charge in [-0.05, 0) is 36.5 Å². The Morgan fingerprint density at radius 1 is 0.333 bits per heavy atom. The third-order valence-corrected chi connectivity index (χ3v) is 6.23. The van der Waals surface area contributed by atoms with Crippen molar-refractivity contribution in [3.63, 3.8) is 0 Å². The molecule has 0 radical (unpaired) electrons. The molecule has 4 bridgehead atoms. The highest BCUT2D eigenvalue weighted by molar-refractivity contribution is 4.78. The lowest BCUT2D eigenvalue weighted by molar-refractivity contribution is 0.190. The monoisotopic (exact) mass is 248 g/mol. The highest BCUT2D eigenvalue weighted by atomic mass is 14.3. The summed E-state index contributed by atoms with van der Waals surface area (Å²) < 4.78 is 0. The molecule has 0 saturated heterocycles. The van der Waals surface area contributed by atoms with E-state index in [4.69, 9.17) is 0 Å². The third kappa shape index (κ3) is 3.52. The maximum absolute atomic E-state index is 1.59. The topological polar surface area (TPSA) is 0 Å². The Labute approximate surface area is 114 Å². The smallest absolute Gasteiger partial charge is 0.0412 e. The Kier molecular flexibility index (Phi) is 4.65. The van der Waals surface area contributed by atoms with Gasteiger partial charge in [-0.25, -0.2) is 0 Å². The molecule has 18 heavy (non-hydrogen) atoms. The minimum atomic E-state index is 1.10. The average molecular weight is 248 g/mol. The molecule has 0 aliphatic heterocycles. The minimum Gasteiger partial charge on any atom is -0.0528 e. The van der Waals surface area contributed by atoms with Gasteiger partial charge in [-0.1, -0.05) is 77.0 Å². The normalized spacial score (nSPS) is 42.7. The summed E-state index contributed by atoms with van der Waals surface area (Å²) in [5.74, 6) is 4.41. The van der Waals surface area contributed by atoms with Crippen molar-refractivity contribution >= 4 is 0 Å². The van der Waals surface area contributed by atoms with Crippen LogP contribution in [-0.4, -0.2) is 0 Å². The molecule has 0 spiro atoms. The minimum absolute atomic E-state index is 1.10. The van der Waals surface area contributed by atoms with E-state index in [2.05, 4.69) is 0 Å². The van der Waals surface area contributed by atoms with Gasteiger partial charge in [-0.2, -0.15) is 0 Å². The molecule has 0 heteroatoms. The van der Waals surface area contributed by atoms with Gasteiger partial charge >= 0.3 is 0 Å². The molecule has 6 fully saturated rings. The van der Waals surface area contributed by atoms with E-state index in [9.17, 15) is 0 Å². The Morgan fingerprint density at radius 3 is 0.778 bits per heavy atom. The average Bonchev–Trinajstić information content (AvgIpc) is 2.25. The van der Waals surface area contributed by atoms with Crippen molar-refractivity contribution in [1.29, 1.82) is 0 Å². The fraction of sp³-hybridized carbons (Fsp3) is 1.00. The highest BCUT2D eigenvalue weighted by Crippen LogP contribution is 2.40. The number of rotatable bonds is 0. The predicted octanol–water partition coefficient (Wildman–Crippen LogP) is 5.95. The van der Waals surface area contributed by atoms with Crippen molar-refractivity contribution in [3.8, 4) is 0 Å². The van der Waals surface area contributed by atoms with Crippen molar-refractivity contribution in [1.82, 2.24) is 0 Å². The van der Waals surface area contributed by atoms with Crippen LogP contribution in [0.5, 0.6) is 0 Å². The molecule has 0 unspecified atom stereocenters. The molecule has 6 aliphatic rings. The van der Waals surface area contributed by atoms with E-state index in [-0.39, 0.29) is 0 Å². The molecule has 6 rings (SSSR count). The maximum atomic E-state index is 1.59. The molecule has 6 saturated carbocycles. The van der Waals surface area contributed by atoms with E-state index in [1.54, 1.807) is 89.9 Å². The van der Waals surface area contributed by atoms with E-state index >= 15 is 0 Å². The summed E-state index contributed by atoms with van der Waals surface area (Å²) >= 11 is 0. The second-order valence-electron chi connectivity index (χ2n) is 7.66. The molecule has 0 nitrogen and oxygen atoms in total. The van der Waals surface area contributed by atoms with Gasteiger partial charge in [0.15, 0.2) is 0 Å². The number of hydrogen-bond donors (Lipinski definition) is 0. The first-order valence-corrected chi connectivity index (χ1v) is 8.90. The van der Waals surface area contributed by atoms with Gasteiger partial charge in [0.1, 0.15) is 0 Å². The van der Waals surface area contributed by atoms with Crippen LogP contribution in [0.1, 0.15) is 89.9 Å². The Bertz CT molecular complexity index is 178. The molecular weight excluding hydrogens is 216 g/mol. The zero-order valence-electron chi connectivity index (χ0n) is 12.2. The SMILES string of the molecule is C1CC2CCCC(C1)CC1CCCC(CCC1)C2. The summed E-state index contributed by atoms with van der Waals surface area (Å²) in [4.78, 5) is 0. The second-order valence-corrected chi connectivity index (χ2v) is 7.66. The van der Waals surface area contributed by atoms with Gasteiger partial charge in [-0.3, -0.25) is 0 Å². The van der Waals surface area contributed by atoms with Crippen LogP contribution in [0.15, 0.2) is 0 Å². The lowest BCUT2D eigenvalue weighted by Crippen LogP contribution is -2.20. The lowest BCUT2D eigenvalue weighted by atomic mass is 9.72. The summed E-state index contributed by atoms with van der Waals surface area (Å²) in [5, 5.41) is 0. The Hall–Kier alpha value is 0. The third-order valence-electron chi connectivity index (χ3n) is 6.23. The quantitative estimate of drug-likeness (QED) is 0.496. The van der Waals surface area contributed by atoms with Crippen LogP contribution in [0.25, 0.3) is 0 Å². The summed E-state index contributed by atoms with van der Waals surface area (Å²) in [6, 6.07) is 0. The molecule has 0 aromatic rings. The largest absolute Gasteiger partial charge is 0.0528 e. The molecule has 0 atom stereocenters. The zero-order valence-corrected chi connectivity index (χ0v) is 12.2. The molecule has 104 valence electrons. The van der Waals surface area contributed by atoms with E-state index in [0.717, 1.165) is 23.7 Å². The van der Waals surface area contributed by atoms with Gasteiger partial charge in [0, 0.05) is 0 Å². The first-order valence-electron chi connectivity index (χ1n) is 8.90. The fourth-order valence-corrected chi connectivity index (χ4v) is 5.24. The summed E-state index contributed by atoms with van der Waals surface area (Å²) in [6.07, 6.45) is 21.9. The van der Waals surface area contributed by atoms with E-state index < -0.39 is 0 Å². The first-order chi connectivity index (χ1) is 8.90. The highest BCUT2D eigenvalue weighted by Gasteiger charge is 2.26. The van der Waals surface area contributed by atoms with Crippen LogP contribution < -0.4 is 0 Å². The van der Waals surface area contributed by atoms with Crippen molar-refractivity contribution in [2.45, 2.75) is 89.9 Å². The summed E-state index contributed by atoms with van der Waals surface area (Å²) in [6.45, 7) is 0. The summed E-state index contributed by atoms with van der Waals surface area (Å²) in [5.41, 5.74) is 0. The van der Waals surface area contributed by atoms with Crippen LogP contribution >= 0.6 is 0 Å². The van der Waals surface area contributed by atoms with E-state index in [1.165, 1.54) is 0 Å². The molecule has 0 aromatic carbocycles. The van der Waals surface area contributed by atoms with Crippen LogP contribution in [-0.2, 0) is 0 Å². The molecule has 0 N–H and O–H groups in total. The maximum Gasteiger partial charge on any atom is -0.0412 e. The summed E-state index contributed by atoms with van der Waals surface area (Å²) in [7, 11) is 0.